The van der Waals surface area contributed by atoms with Crippen LogP contribution in [-0.4, -0.2) is 54.3 Å². The maximum atomic E-state index is 11.9. The molecule has 0 rings (SSSR count). The van der Waals surface area contributed by atoms with Crippen LogP contribution in [0.15, 0.2) is 17.6 Å². The highest BCUT2D eigenvalue weighted by Gasteiger charge is 2.24. The molecule has 0 unspecified atom stereocenters. The van der Waals surface area contributed by atoms with E-state index in [0.29, 0.717) is 6.54 Å². The number of hydrogen-bond acceptors (Lipinski definition) is 4. The summed E-state index contributed by atoms with van der Waals surface area (Å²) in [6, 6.07) is 0. The molecule has 1 amide bonds. The minimum Gasteiger partial charge on any atom is -0.444 e. The maximum absolute atomic E-state index is 11.9. The van der Waals surface area contributed by atoms with Crippen molar-refractivity contribution in [3.63, 3.8) is 0 Å². The lowest BCUT2D eigenvalue weighted by Crippen LogP contribution is -2.49. The molecule has 0 aliphatic rings. The minimum atomic E-state index is -0.511. The van der Waals surface area contributed by atoms with Crippen molar-refractivity contribution in [2.45, 2.75) is 52.7 Å². The molecule has 0 saturated carbocycles. The molecule has 7 heteroatoms. The zero-order valence-corrected chi connectivity index (χ0v) is 16.8. The van der Waals surface area contributed by atoms with Gasteiger partial charge in [-0.25, -0.2) is 4.79 Å². The average molecular weight is 359 g/mol. The standard InChI is InChI=1S/C17H34N4O2S/c1-8-11-24-12-10-19-14(18-9-2)20-13-17(6,7)21-15(22)23-16(3,4)5/h8H,1,9-13H2,2-7H3,(H,21,22)(H2,18,19,20). The fourth-order valence-corrected chi connectivity index (χ4v) is 2.23. The third kappa shape index (κ3) is 13.1. The van der Waals surface area contributed by atoms with Gasteiger partial charge in [0.1, 0.15) is 5.60 Å². The molecule has 0 atom stereocenters. The monoisotopic (exact) mass is 358 g/mol. The lowest BCUT2D eigenvalue weighted by atomic mass is 10.1. The van der Waals surface area contributed by atoms with Crippen LogP contribution in [0.3, 0.4) is 0 Å². The molecule has 0 aromatic rings. The van der Waals surface area contributed by atoms with Crippen LogP contribution in [0.5, 0.6) is 0 Å². The van der Waals surface area contributed by atoms with Crippen LogP contribution >= 0.6 is 11.8 Å². The Hall–Kier alpha value is -1.37. The Labute approximate surface area is 151 Å². The number of hydrogen-bond donors (Lipinski definition) is 3. The van der Waals surface area contributed by atoms with E-state index in [1.165, 1.54) is 0 Å². The molecule has 0 radical (unpaired) electrons. The number of thioether (sulfide) groups is 1. The second-order valence-electron chi connectivity index (χ2n) is 7.00. The lowest BCUT2D eigenvalue weighted by molar-refractivity contribution is 0.0476. The van der Waals surface area contributed by atoms with Gasteiger partial charge in [-0.3, -0.25) is 4.99 Å². The molecule has 0 saturated heterocycles. The van der Waals surface area contributed by atoms with Crippen LogP contribution < -0.4 is 16.0 Å². The summed E-state index contributed by atoms with van der Waals surface area (Å²) < 4.78 is 5.29. The predicted molar refractivity (Wildman–Crippen MR) is 105 cm³/mol. The van der Waals surface area contributed by atoms with Gasteiger partial charge in [0.05, 0.1) is 12.1 Å². The summed E-state index contributed by atoms with van der Waals surface area (Å²) in [6.45, 7) is 17.1. The van der Waals surface area contributed by atoms with Crippen molar-refractivity contribution < 1.29 is 9.53 Å². The van der Waals surface area contributed by atoms with Gasteiger partial charge in [-0.1, -0.05) is 6.08 Å². The number of carbonyl (C=O) groups excluding carboxylic acids is 1. The van der Waals surface area contributed by atoms with E-state index in [1.54, 1.807) is 0 Å². The van der Waals surface area contributed by atoms with Crippen LogP contribution in [-0.2, 0) is 4.74 Å². The highest BCUT2D eigenvalue weighted by atomic mass is 32.2. The molecule has 0 fully saturated rings. The van der Waals surface area contributed by atoms with E-state index in [9.17, 15) is 4.79 Å². The minimum absolute atomic E-state index is 0.429. The fourth-order valence-electron chi connectivity index (χ4n) is 1.65. The molecule has 140 valence electrons. The van der Waals surface area contributed by atoms with Crippen LogP contribution in [0.2, 0.25) is 0 Å². The molecule has 0 aromatic heterocycles. The topological polar surface area (TPSA) is 74.8 Å². The molecule has 0 aromatic carbocycles. The summed E-state index contributed by atoms with van der Waals surface area (Å²) in [7, 11) is 0. The first-order valence-corrected chi connectivity index (χ1v) is 9.47. The van der Waals surface area contributed by atoms with E-state index in [4.69, 9.17) is 4.74 Å². The third-order valence-corrected chi connectivity index (χ3v) is 3.55. The lowest BCUT2D eigenvalue weighted by Gasteiger charge is -2.27. The van der Waals surface area contributed by atoms with Crippen molar-refractivity contribution in [2.75, 3.05) is 31.1 Å². The zero-order valence-electron chi connectivity index (χ0n) is 16.0. The second kappa shape index (κ2) is 11.2. The smallest absolute Gasteiger partial charge is 0.408 e. The molecule has 0 heterocycles. The van der Waals surface area contributed by atoms with Gasteiger partial charge in [0.25, 0.3) is 0 Å². The van der Waals surface area contributed by atoms with Gasteiger partial charge in [-0.2, -0.15) is 11.8 Å². The Morgan fingerprint density at radius 2 is 1.92 bits per heavy atom. The number of carbonyl (C=O) groups is 1. The molecule has 6 nitrogen and oxygen atoms in total. The van der Waals surface area contributed by atoms with Crippen LogP contribution in [0.25, 0.3) is 0 Å². The van der Waals surface area contributed by atoms with Crippen LogP contribution in [0, 0.1) is 0 Å². The largest absolute Gasteiger partial charge is 0.444 e. The third-order valence-electron chi connectivity index (χ3n) is 2.59. The van der Waals surface area contributed by atoms with Gasteiger partial charge in [-0.05, 0) is 41.5 Å². The van der Waals surface area contributed by atoms with E-state index < -0.39 is 17.2 Å². The van der Waals surface area contributed by atoms with E-state index in [0.717, 1.165) is 30.6 Å². The van der Waals surface area contributed by atoms with Crippen molar-refractivity contribution >= 4 is 23.8 Å². The first kappa shape index (κ1) is 22.6. The normalized spacial score (nSPS) is 12.5. The highest BCUT2D eigenvalue weighted by molar-refractivity contribution is 7.99. The number of amides is 1. The van der Waals surface area contributed by atoms with E-state index >= 15 is 0 Å². The number of aliphatic imine (C=N–C) groups is 1. The Morgan fingerprint density at radius 1 is 1.25 bits per heavy atom. The Bertz CT molecular complexity index is 417. The Morgan fingerprint density at radius 3 is 2.46 bits per heavy atom. The number of alkyl carbamates (subject to hydrolysis) is 1. The van der Waals surface area contributed by atoms with Crippen molar-refractivity contribution in [1.82, 2.24) is 16.0 Å². The number of ether oxygens (including phenoxy) is 1. The van der Waals surface area contributed by atoms with Gasteiger partial charge in [0, 0.05) is 24.6 Å². The van der Waals surface area contributed by atoms with Gasteiger partial charge in [-0.15, -0.1) is 6.58 Å². The molecule has 24 heavy (non-hydrogen) atoms. The first-order chi connectivity index (χ1) is 11.1. The summed E-state index contributed by atoms with van der Waals surface area (Å²) >= 11 is 1.81. The van der Waals surface area contributed by atoms with Gasteiger partial charge >= 0.3 is 6.09 Å². The molecular weight excluding hydrogens is 324 g/mol. The van der Waals surface area contributed by atoms with Crippen molar-refractivity contribution in [3.05, 3.63) is 12.7 Å². The molecule has 0 spiro atoms. The molecule has 3 N–H and O–H groups in total. The van der Waals surface area contributed by atoms with Crippen LogP contribution in [0.4, 0.5) is 4.79 Å². The fraction of sp³-hybridized carbons (Fsp3) is 0.765. The summed E-state index contributed by atoms with van der Waals surface area (Å²) in [5, 5.41) is 9.34. The Balaban J connectivity index is 4.46. The first-order valence-electron chi connectivity index (χ1n) is 8.31. The average Bonchev–Trinajstić information content (AvgIpc) is 2.41. The SMILES string of the molecule is C=CCSCCNC(=NCC(C)(C)NC(=O)OC(C)(C)C)NCC. The van der Waals surface area contributed by atoms with Crippen molar-refractivity contribution in [1.29, 1.82) is 0 Å². The molecule has 0 aliphatic heterocycles. The van der Waals surface area contributed by atoms with E-state index in [1.807, 2.05) is 59.4 Å². The maximum Gasteiger partial charge on any atom is 0.408 e. The van der Waals surface area contributed by atoms with Gasteiger partial charge in [0.15, 0.2) is 5.96 Å². The molecule has 0 aliphatic carbocycles. The van der Waals surface area contributed by atoms with Crippen LogP contribution in [0.1, 0.15) is 41.5 Å². The zero-order chi connectivity index (χ0) is 18.6. The summed E-state index contributed by atoms with van der Waals surface area (Å²) in [5.41, 5.74) is -1.01. The summed E-state index contributed by atoms with van der Waals surface area (Å²) in [4.78, 5) is 16.4. The van der Waals surface area contributed by atoms with Gasteiger partial charge in [0.2, 0.25) is 0 Å². The Kier molecular flexibility index (Phi) is 10.6. The number of rotatable bonds is 9. The van der Waals surface area contributed by atoms with Crippen molar-refractivity contribution in [3.8, 4) is 0 Å². The van der Waals surface area contributed by atoms with Gasteiger partial charge < -0.3 is 20.7 Å². The number of nitrogens with zero attached hydrogens (tertiary/aromatic N) is 1. The van der Waals surface area contributed by atoms with Crippen molar-refractivity contribution in [2.24, 2.45) is 4.99 Å². The second-order valence-corrected chi connectivity index (χ2v) is 8.15. The quantitative estimate of drug-likeness (QED) is 0.256. The van der Waals surface area contributed by atoms with E-state index in [-0.39, 0.29) is 0 Å². The summed E-state index contributed by atoms with van der Waals surface area (Å²) in [6.07, 6.45) is 1.47. The van der Waals surface area contributed by atoms with E-state index in [2.05, 4.69) is 27.5 Å². The highest BCUT2D eigenvalue weighted by Crippen LogP contribution is 2.09. The predicted octanol–water partition coefficient (Wildman–Crippen LogP) is 2.76. The summed E-state index contributed by atoms with van der Waals surface area (Å²) in [5.74, 6) is 2.67. The molecular formula is C17H34N4O2S. The number of guanidine groups is 1. The molecule has 0 bridgehead atoms. The number of nitrogens with one attached hydrogen (secondary N) is 3.